The Hall–Kier alpha value is -1.80. The van der Waals surface area contributed by atoms with Gasteiger partial charge in [0.25, 0.3) is 0 Å². The molecule has 26 heavy (non-hydrogen) atoms. The van der Waals surface area contributed by atoms with E-state index in [9.17, 15) is 10.2 Å². The smallest absolute Gasteiger partial charge is 0.184 e. The molecular weight excluding hydrogens is 336 g/mol. The van der Waals surface area contributed by atoms with E-state index in [1.807, 2.05) is 60.7 Å². The lowest BCUT2D eigenvalue weighted by Crippen LogP contribution is -2.45. The summed E-state index contributed by atoms with van der Waals surface area (Å²) in [4.78, 5) is 0. The number of rotatable bonds is 2. The molecule has 2 N–H and O–H groups in total. The Morgan fingerprint density at radius 2 is 1.27 bits per heavy atom. The maximum atomic E-state index is 10.5. The highest BCUT2D eigenvalue weighted by atomic mass is 16.8. The van der Waals surface area contributed by atoms with E-state index in [0.29, 0.717) is 0 Å². The van der Waals surface area contributed by atoms with Crippen LogP contribution in [0.3, 0.4) is 0 Å². The number of aliphatic hydroxyl groups is 2. The number of hydrogen-bond donors (Lipinski definition) is 2. The van der Waals surface area contributed by atoms with Crippen molar-refractivity contribution in [2.75, 3.05) is 13.2 Å². The molecule has 2 aliphatic heterocycles. The Labute approximate surface area is 151 Å². The molecule has 6 heteroatoms. The molecule has 2 aromatic carbocycles. The molecule has 138 valence electrons. The van der Waals surface area contributed by atoms with Crippen LogP contribution in [0.15, 0.2) is 60.7 Å². The third-order valence-electron chi connectivity index (χ3n) is 4.65. The van der Waals surface area contributed by atoms with E-state index in [-0.39, 0.29) is 13.2 Å². The van der Waals surface area contributed by atoms with E-state index in [4.69, 9.17) is 18.9 Å². The molecule has 6 atom stereocenters. The van der Waals surface area contributed by atoms with Gasteiger partial charge in [0.1, 0.15) is 24.4 Å². The zero-order valence-corrected chi connectivity index (χ0v) is 14.2. The van der Waals surface area contributed by atoms with Gasteiger partial charge in [-0.15, -0.1) is 0 Å². The minimum Gasteiger partial charge on any atom is -0.388 e. The van der Waals surface area contributed by atoms with E-state index in [1.165, 1.54) is 0 Å². The van der Waals surface area contributed by atoms with E-state index in [0.717, 1.165) is 11.1 Å². The summed E-state index contributed by atoms with van der Waals surface area (Å²) in [6, 6.07) is 19.0. The Morgan fingerprint density at radius 3 is 1.92 bits per heavy atom. The molecule has 4 rings (SSSR count). The molecule has 0 aliphatic carbocycles. The Balaban J connectivity index is 1.53. The monoisotopic (exact) mass is 358 g/mol. The SMILES string of the molecule is O[C@@H]1[C@H]2OC(c3ccccc3)O[C@H]2COC(c2ccccc2)OC[C@H]1O. The molecule has 2 unspecified atom stereocenters. The maximum Gasteiger partial charge on any atom is 0.184 e. The standard InChI is InChI=1S/C20H22O6/c21-15-11-23-19(13-7-3-1-4-8-13)24-12-16-18(17(15)22)26-20(25-16)14-9-5-2-6-10-14/h1-10,15-22H,11-12H2/t15-,16+,17+,18+,19?,20?/m1/s1. The van der Waals surface area contributed by atoms with Crippen molar-refractivity contribution in [3.63, 3.8) is 0 Å². The molecule has 0 spiro atoms. The van der Waals surface area contributed by atoms with Gasteiger partial charge in [-0.25, -0.2) is 0 Å². The van der Waals surface area contributed by atoms with E-state index in [2.05, 4.69) is 0 Å². The molecule has 0 saturated carbocycles. The highest BCUT2D eigenvalue weighted by molar-refractivity contribution is 5.18. The van der Waals surface area contributed by atoms with Crippen LogP contribution in [-0.2, 0) is 18.9 Å². The fourth-order valence-corrected chi connectivity index (χ4v) is 3.24. The van der Waals surface area contributed by atoms with Crippen LogP contribution in [0.1, 0.15) is 23.7 Å². The first-order valence-corrected chi connectivity index (χ1v) is 8.72. The predicted molar refractivity (Wildman–Crippen MR) is 92.0 cm³/mol. The lowest BCUT2D eigenvalue weighted by molar-refractivity contribution is -0.182. The number of hydrogen-bond acceptors (Lipinski definition) is 6. The minimum absolute atomic E-state index is 0.0662. The topological polar surface area (TPSA) is 77.4 Å². The van der Waals surface area contributed by atoms with Gasteiger partial charge in [-0.1, -0.05) is 60.7 Å². The van der Waals surface area contributed by atoms with Gasteiger partial charge >= 0.3 is 0 Å². The van der Waals surface area contributed by atoms with Crippen molar-refractivity contribution in [1.29, 1.82) is 0 Å². The fraction of sp³-hybridized carbons (Fsp3) is 0.400. The zero-order valence-electron chi connectivity index (χ0n) is 14.2. The summed E-state index contributed by atoms with van der Waals surface area (Å²) in [6.07, 6.45) is -4.70. The molecule has 6 nitrogen and oxygen atoms in total. The maximum absolute atomic E-state index is 10.5. The molecular formula is C20H22O6. The Bertz CT molecular complexity index is 694. The summed E-state index contributed by atoms with van der Waals surface area (Å²) in [5.41, 5.74) is 1.70. The van der Waals surface area contributed by atoms with Gasteiger partial charge in [-0.05, 0) is 0 Å². The summed E-state index contributed by atoms with van der Waals surface area (Å²) in [6.45, 7) is 0.112. The van der Waals surface area contributed by atoms with Crippen molar-refractivity contribution in [3.05, 3.63) is 71.8 Å². The average Bonchev–Trinajstić information content (AvgIpc) is 3.13. The Kier molecular flexibility index (Phi) is 5.31. The predicted octanol–water partition coefficient (Wildman–Crippen LogP) is 1.94. The minimum atomic E-state index is -1.13. The highest BCUT2D eigenvalue weighted by Gasteiger charge is 2.45. The molecule has 0 bridgehead atoms. The van der Waals surface area contributed by atoms with E-state index < -0.39 is 37.0 Å². The largest absolute Gasteiger partial charge is 0.388 e. The van der Waals surface area contributed by atoms with Crippen molar-refractivity contribution < 1.29 is 29.2 Å². The van der Waals surface area contributed by atoms with Gasteiger partial charge < -0.3 is 29.2 Å². The molecule has 2 aromatic rings. The van der Waals surface area contributed by atoms with Crippen LogP contribution in [0.5, 0.6) is 0 Å². The second-order valence-corrected chi connectivity index (χ2v) is 6.49. The van der Waals surface area contributed by atoms with Crippen molar-refractivity contribution in [3.8, 4) is 0 Å². The molecule has 2 fully saturated rings. The summed E-state index contributed by atoms with van der Waals surface area (Å²) < 4.78 is 23.4. The molecule has 2 aliphatic rings. The molecule has 0 amide bonds. The normalized spacial score (nSPS) is 35.2. The van der Waals surface area contributed by atoms with E-state index >= 15 is 0 Å². The number of aliphatic hydroxyl groups excluding tert-OH is 2. The van der Waals surface area contributed by atoms with Gasteiger partial charge in [0.15, 0.2) is 12.6 Å². The van der Waals surface area contributed by atoms with Gasteiger partial charge in [0, 0.05) is 11.1 Å². The zero-order chi connectivity index (χ0) is 17.9. The lowest BCUT2D eigenvalue weighted by atomic mass is 10.0. The van der Waals surface area contributed by atoms with Crippen LogP contribution in [0, 0.1) is 0 Å². The molecule has 0 aromatic heterocycles. The first-order chi connectivity index (χ1) is 12.7. The second kappa shape index (κ2) is 7.84. The van der Waals surface area contributed by atoms with Crippen LogP contribution in [-0.4, -0.2) is 47.8 Å². The van der Waals surface area contributed by atoms with Gasteiger partial charge in [0.05, 0.1) is 13.2 Å². The van der Waals surface area contributed by atoms with Crippen LogP contribution >= 0.6 is 0 Å². The van der Waals surface area contributed by atoms with Crippen molar-refractivity contribution in [2.45, 2.75) is 37.0 Å². The molecule has 2 saturated heterocycles. The van der Waals surface area contributed by atoms with E-state index in [1.54, 1.807) is 0 Å². The summed E-state index contributed by atoms with van der Waals surface area (Å²) in [5, 5.41) is 20.8. The van der Waals surface area contributed by atoms with Crippen LogP contribution in [0.4, 0.5) is 0 Å². The average molecular weight is 358 g/mol. The first kappa shape index (κ1) is 17.6. The number of fused-ring (bicyclic) bond motifs is 1. The summed E-state index contributed by atoms with van der Waals surface area (Å²) in [7, 11) is 0. The van der Waals surface area contributed by atoms with Crippen LogP contribution in [0.2, 0.25) is 0 Å². The summed E-state index contributed by atoms with van der Waals surface area (Å²) in [5.74, 6) is 0. The molecule has 0 radical (unpaired) electrons. The summed E-state index contributed by atoms with van der Waals surface area (Å²) >= 11 is 0. The van der Waals surface area contributed by atoms with Crippen LogP contribution in [0.25, 0.3) is 0 Å². The van der Waals surface area contributed by atoms with Crippen LogP contribution < -0.4 is 0 Å². The van der Waals surface area contributed by atoms with Gasteiger partial charge in [-0.2, -0.15) is 0 Å². The fourth-order valence-electron chi connectivity index (χ4n) is 3.24. The third-order valence-corrected chi connectivity index (χ3v) is 4.65. The first-order valence-electron chi connectivity index (χ1n) is 8.72. The highest BCUT2D eigenvalue weighted by Crippen LogP contribution is 2.35. The second-order valence-electron chi connectivity index (χ2n) is 6.49. The van der Waals surface area contributed by atoms with Crippen molar-refractivity contribution in [2.24, 2.45) is 0 Å². The molecule has 2 heterocycles. The van der Waals surface area contributed by atoms with Crippen molar-refractivity contribution in [1.82, 2.24) is 0 Å². The quantitative estimate of drug-likeness (QED) is 0.854. The Morgan fingerprint density at radius 1 is 0.692 bits per heavy atom. The van der Waals surface area contributed by atoms with Gasteiger partial charge in [0.2, 0.25) is 0 Å². The number of ether oxygens (including phenoxy) is 4. The lowest BCUT2D eigenvalue weighted by Gasteiger charge is -2.23. The number of benzene rings is 2. The van der Waals surface area contributed by atoms with Crippen molar-refractivity contribution >= 4 is 0 Å². The third kappa shape index (κ3) is 3.66. The van der Waals surface area contributed by atoms with Gasteiger partial charge in [-0.3, -0.25) is 0 Å².